The molecule has 0 bridgehead atoms. The van der Waals surface area contributed by atoms with Crippen molar-refractivity contribution in [2.24, 2.45) is 0 Å². The van der Waals surface area contributed by atoms with Crippen molar-refractivity contribution in [3.63, 3.8) is 0 Å². The van der Waals surface area contributed by atoms with Crippen molar-refractivity contribution in [3.05, 3.63) is 18.3 Å². The number of amides is 1. The lowest BCUT2D eigenvalue weighted by Gasteiger charge is -2.35. The fraction of sp³-hybridized carbons (Fsp3) is 0.667. The average Bonchev–Trinajstić information content (AvgIpc) is 2.94. The maximum Gasteiger partial charge on any atom is 0.219 e. The fourth-order valence-electron chi connectivity index (χ4n) is 3.63. The number of aromatic nitrogens is 1. The first-order valence-corrected chi connectivity index (χ1v) is 9.26. The molecule has 25 heavy (non-hydrogen) atoms. The van der Waals surface area contributed by atoms with Crippen LogP contribution in [0.2, 0.25) is 0 Å². The van der Waals surface area contributed by atoms with Crippen LogP contribution in [0.25, 0.3) is 0 Å². The van der Waals surface area contributed by atoms with Crippen LogP contribution in [0.3, 0.4) is 0 Å². The quantitative estimate of drug-likeness (QED) is 0.806. The lowest BCUT2D eigenvalue weighted by Crippen LogP contribution is -2.55. The highest BCUT2D eigenvalue weighted by molar-refractivity contribution is 5.74. The Balaban J connectivity index is 1.67. The normalized spacial score (nSPS) is 21.1. The number of rotatable bonds is 6. The van der Waals surface area contributed by atoms with Gasteiger partial charge in [0, 0.05) is 38.8 Å². The van der Waals surface area contributed by atoms with E-state index < -0.39 is 0 Å². The summed E-state index contributed by atoms with van der Waals surface area (Å²) in [5.41, 5.74) is 1.10. The molecule has 3 rings (SSSR count). The molecular weight excluding hydrogens is 316 g/mol. The Kier molecular flexibility index (Phi) is 5.75. The predicted octanol–water partition coefficient (Wildman–Crippen LogP) is 1.15. The smallest absolute Gasteiger partial charge is 0.219 e. The number of carbonyl (C=O) groups is 1. The van der Waals surface area contributed by atoms with Crippen LogP contribution in [0, 0.1) is 0 Å². The summed E-state index contributed by atoms with van der Waals surface area (Å²) in [5.74, 6) is 1.04. The average molecular weight is 346 g/mol. The second-order valence-electron chi connectivity index (χ2n) is 6.95. The van der Waals surface area contributed by atoms with Crippen LogP contribution >= 0.6 is 0 Å². The molecule has 1 amide bonds. The zero-order valence-corrected chi connectivity index (χ0v) is 15.5. The van der Waals surface area contributed by atoms with E-state index >= 15 is 0 Å². The van der Waals surface area contributed by atoms with Crippen LogP contribution < -0.4 is 15.5 Å². The van der Waals surface area contributed by atoms with E-state index in [9.17, 15) is 4.79 Å². The molecule has 7 nitrogen and oxygen atoms in total. The van der Waals surface area contributed by atoms with Gasteiger partial charge in [-0.2, -0.15) is 0 Å². The highest BCUT2D eigenvalue weighted by Gasteiger charge is 2.31. The number of piperidine rings is 1. The number of anilines is 2. The number of likely N-dealkylation sites (tertiary alicyclic amines) is 1. The van der Waals surface area contributed by atoms with Crippen LogP contribution in [-0.2, 0) is 4.79 Å². The van der Waals surface area contributed by atoms with E-state index in [1.54, 1.807) is 6.92 Å². The van der Waals surface area contributed by atoms with E-state index in [2.05, 4.69) is 38.5 Å². The molecule has 2 aliphatic rings. The molecule has 7 heteroatoms. The molecule has 2 N–H and O–H groups in total. The molecule has 0 aliphatic carbocycles. The Morgan fingerprint density at radius 3 is 2.88 bits per heavy atom. The standard InChI is InChI=1S/C18H30N6O/c1-4-23(14(2)25)12-13-24-16-6-5-9-19-17(16)21-18(24)20-15-7-10-22(3)11-8-15/h5-6,9,15,18,20H,4,7-8,10-13H2,1-3H3,(H,19,21). The molecule has 1 aromatic heterocycles. The summed E-state index contributed by atoms with van der Waals surface area (Å²) in [6.45, 7) is 8.15. The van der Waals surface area contributed by atoms with Crippen LogP contribution in [0.4, 0.5) is 11.5 Å². The third-order valence-electron chi connectivity index (χ3n) is 5.23. The Morgan fingerprint density at radius 1 is 1.44 bits per heavy atom. The molecule has 1 atom stereocenters. The number of carbonyl (C=O) groups excluding carboxylic acids is 1. The van der Waals surface area contributed by atoms with Crippen molar-refractivity contribution < 1.29 is 4.79 Å². The van der Waals surface area contributed by atoms with Gasteiger partial charge in [-0.05, 0) is 52.0 Å². The minimum absolute atomic E-state index is 0.0315. The first kappa shape index (κ1) is 17.9. The number of nitrogens with one attached hydrogen (secondary N) is 2. The van der Waals surface area contributed by atoms with E-state index in [0.717, 1.165) is 50.5 Å². The molecule has 1 fully saturated rings. The molecule has 1 unspecified atom stereocenters. The molecule has 0 spiro atoms. The lowest BCUT2D eigenvalue weighted by atomic mass is 10.1. The summed E-state index contributed by atoms with van der Waals surface area (Å²) < 4.78 is 0. The summed E-state index contributed by atoms with van der Waals surface area (Å²) in [7, 11) is 2.18. The van der Waals surface area contributed by atoms with E-state index in [-0.39, 0.29) is 12.2 Å². The number of likely N-dealkylation sites (N-methyl/N-ethyl adjacent to an activating group) is 1. The Labute approximate surface area is 150 Å². The van der Waals surface area contributed by atoms with Crippen LogP contribution in [0.1, 0.15) is 26.7 Å². The fourth-order valence-corrected chi connectivity index (χ4v) is 3.63. The summed E-state index contributed by atoms with van der Waals surface area (Å²) in [6.07, 6.45) is 4.15. The third kappa shape index (κ3) is 4.22. The minimum atomic E-state index is 0.0315. The van der Waals surface area contributed by atoms with Gasteiger partial charge in [0.25, 0.3) is 0 Å². The third-order valence-corrected chi connectivity index (χ3v) is 5.23. The predicted molar refractivity (Wildman–Crippen MR) is 101 cm³/mol. The van der Waals surface area contributed by atoms with Crippen molar-refractivity contribution in [2.75, 3.05) is 50.0 Å². The number of hydrogen-bond donors (Lipinski definition) is 2. The van der Waals surface area contributed by atoms with Crippen LogP contribution in [-0.4, -0.2) is 72.8 Å². The van der Waals surface area contributed by atoms with Crippen molar-refractivity contribution in [1.82, 2.24) is 20.1 Å². The zero-order valence-electron chi connectivity index (χ0n) is 15.5. The number of nitrogens with zero attached hydrogens (tertiary/aromatic N) is 4. The molecule has 0 aromatic carbocycles. The number of pyridine rings is 1. The van der Waals surface area contributed by atoms with E-state index in [1.807, 2.05) is 24.1 Å². The molecule has 0 saturated carbocycles. The maximum absolute atomic E-state index is 11.7. The monoisotopic (exact) mass is 346 g/mol. The molecule has 1 saturated heterocycles. The van der Waals surface area contributed by atoms with Crippen molar-refractivity contribution in [3.8, 4) is 0 Å². The Bertz CT molecular complexity index is 587. The Morgan fingerprint density at radius 2 is 2.20 bits per heavy atom. The molecule has 0 radical (unpaired) electrons. The summed E-state index contributed by atoms with van der Waals surface area (Å²) in [5, 5.41) is 7.25. The van der Waals surface area contributed by atoms with Gasteiger partial charge in [0.1, 0.15) is 0 Å². The van der Waals surface area contributed by atoms with Crippen molar-refractivity contribution in [1.29, 1.82) is 0 Å². The van der Waals surface area contributed by atoms with Crippen molar-refractivity contribution >= 4 is 17.4 Å². The van der Waals surface area contributed by atoms with Gasteiger partial charge in [-0.3, -0.25) is 10.1 Å². The largest absolute Gasteiger partial charge is 0.341 e. The van der Waals surface area contributed by atoms with Gasteiger partial charge in [-0.15, -0.1) is 0 Å². The van der Waals surface area contributed by atoms with Gasteiger partial charge < -0.3 is 20.0 Å². The van der Waals surface area contributed by atoms with Crippen LogP contribution in [0.5, 0.6) is 0 Å². The highest BCUT2D eigenvalue weighted by Crippen LogP contribution is 2.31. The number of hydrogen-bond acceptors (Lipinski definition) is 6. The van der Waals surface area contributed by atoms with Crippen molar-refractivity contribution in [2.45, 2.75) is 39.0 Å². The Hall–Kier alpha value is -1.86. The highest BCUT2D eigenvalue weighted by atomic mass is 16.2. The van der Waals surface area contributed by atoms with E-state index in [4.69, 9.17) is 0 Å². The first-order valence-electron chi connectivity index (χ1n) is 9.26. The second kappa shape index (κ2) is 8.01. The molecule has 3 heterocycles. The lowest BCUT2D eigenvalue weighted by molar-refractivity contribution is -0.128. The summed E-state index contributed by atoms with van der Waals surface area (Å²) in [4.78, 5) is 22.7. The summed E-state index contributed by atoms with van der Waals surface area (Å²) in [6, 6.07) is 4.56. The second-order valence-corrected chi connectivity index (χ2v) is 6.95. The SMILES string of the molecule is CCN(CCN1c2cccnc2NC1NC1CCN(C)CC1)C(C)=O. The maximum atomic E-state index is 11.7. The first-order chi connectivity index (χ1) is 12.1. The van der Waals surface area contributed by atoms with Gasteiger partial charge in [-0.1, -0.05) is 0 Å². The van der Waals surface area contributed by atoms with Gasteiger partial charge in [-0.25, -0.2) is 4.98 Å². The minimum Gasteiger partial charge on any atom is -0.341 e. The molecule has 1 aromatic rings. The van der Waals surface area contributed by atoms with Gasteiger partial charge in [0.15, 0.2) is 12.1 Å². The van der Waals surface area contributed by atoms with E-state index in [1.165, 1.54) is 0 Å². The van der Waals surface area contributed by atoms with Gasteiger partial charge in [0.2, 0.25) is 5.91 Å². The number of fused-ring (bicyclic) bond motifs is 1. The van der Waals surface area contributed by atoms with Gasteiger partial charge in [0.05, 0.1) is 5.69 Å². The van der Waals surface area contributed by atoms with E-state index in [0.29, 0.717) is 12.6 Å². The summed E-state index contributed by atoms with van der Waals surface area (Å²) >= 11 is 0. The zero-order chi connectivity index (χ0) is 17.8. The molecule has 138 valence electrons. The van der Waals surface area contributed by atoms with Crippen LogP contribution in [0.15, 0.2) is 18.3 Å². The van der Waals surface area contributed by atoms with Gasteiger partial charge >= 0.3 is 0 Å². The molecule has 2 aliphatic heterocycles. The topological polar surface area (TPSA) is 63.7 Å². The molecular formula is C18H30N6O.